The number of esters is 1. The number of anilines is 1. The molecule has 204 valence electrons. The zero-order valence-electron chi connectivity index (χ0n) is 22.0. The van der Waals surface area contributed by atoms with Gasteiger partial charge in [-0.05, 0) is 59.7 Å². The Hall–Kier alpha value is -4.90. The van der Waals surface area contributed by atoms with E-state index in [0.717, 1.165) is 22.4 Å². The standard InChI is InChI=1S/C29H26N4O6S/c1-30-29-33(23(17-40-29)21-9-11-24-22(13-21)32-27(34)16-39-24)31-14-19-6-10-25(26(12-19)36-2)38-15-18-4-7-20(8-5-18)28(35)37-3/h4-14,17H,15-16H2,1-3H3,(H,32,34). The molecule has 0 saturated heterocycles. The molecule has 1 amide bonds. The van der Waals surface area contributed by atoms with Crippen LogP contribution in [0.4, 0.5) is 5.69 Å². The van der Waals surface area contributed by atoms with Crippen LogP contribution in [0.1, 0.15) is 21.5 Å². The highest BCUT2D eigenvalue weighted by molar-refractivity contribution is 7.07. The smallest absolute Gasteiger partial charge is 0.337 e. The summed E-state index contributed by atoms with van der Waals surface area (Å²) in [5, 5.41) is 9.49. The van der Waals surface area contributed by atoms with Crippen LogP contribution in [-0.4, -0.2) is 50.6 Å². The van der Waals surface area contributed by atoms with Crippen molar-refractivity contribution in [2.24, 2.45) is 10.1 Å². The van der Waals surface area contributed by atoms with Gasteiger partial charge in [0.25, 0.3) is 5.91 Å². The van der Waals surface area contributed by atoms with Gasteiger partial charge in [-0.1, -0.05) is 12.1 Å². The molecule has 10 nitrogen and oxygen atoms in total. The SMILES string of the molecule is CN=c1scc(-c2ccc3c(c2)NC(=O)CO3)n1N=Cc1ccc(OCc2ccc(C(=O)OC)cc2)c(OC)c1. The lowest BCUT2D eigenvalue weighted by Crippen LogP contribution is -2.25. The molecule has 11 heteroatoms. The first-order chi connectivity index (χ1) is 19.5. The van der Waals surface area contributed by atoms with Crippen LogP contribution in [0.3, 0.4) is 0 Å². The van der Waals surface area contributed by atoms with Crippen molar-refractivity contribution in [2.45, 2.75) is 6.61 Å². The van der Waals surface area contributed by atoms with E-state index in [-0.39, 0.29) is 18.5 Å². The fraction of sp³-hybridized carbons (Fsp3) is 0.172. The van der Waals surface area contributed by atoms with Crippen LogP contribution in [0.25, 0.3) is 11.3 Å². The van der Waals surface area contributed by atoms with Gasteiger partial charge in [-0.15, -0.1) is 11.3 Å². The number of benzene rings is 3. The molecular formula is C29H26N4O6S. The molecule has 1 N–H and O–H groups in total. The molecule has 1 aliphatic rings. The van der Waals surface area contributed by atoms with Crippen molar-refractivity contribution in [3.05, 3.63) is 87.5 Å². The Morgan fingerprint density at radius 2 is 1.93 bits per heavy atom. The second-order valence-electron chi connectivity index (χ2n) is 8.62. The molecule has 0 saturated carbocycles. The average Bonchev–Trinajstić information content (AvgIpc) is 3.41. The predicted molar refractivity (Wildman–Crippen MR) is 151 cm³/mol. The Balaban J connectivity index is 1.35. The van der Waals surface area contributed by atoms with Gasteiger partial charge in [0.15, 0.2) is 18.1 Å². The zero-order chi connectivity index (χ0) is 28.1. The molecule has 40 heavy (non-hydrogen) atoms. The Kier molecular flexibility index (Phi) is 7.92. The van der Waals surface area contributed by atoms with Gasteiger partial charge in [-0.25, -0.2) is 9.47 Å². The zero-order valence-corrected chi connectivity index (χ0v) is 22.9. The van der Waals surface area contributed by atoms with Gasteiger partial charge in [0, 0.05) is 18.0 Å². The van der Waals surface area contributed by atoms with Gasteiger partial charge >= 0.3 is 5.97 Å². The van der Waals surface area contributed by atoms with Crippen molar-refractivity contribution < 1.29 is 28.5 Å². The largest absolute Gasteiger partial charge is 0.493 e. The summed E-state index contributed by atoms with van der Waals surface area (Å²) >= 11 is 1.46. The second kappa shape index (κ2) is 11.9. The van der Waals surface area contributed by atoms with E-state index in [0.29, 0.717) is 39.9 Å². The van der Waals surface area contributed by atoms with E-state index in [4.69, 9.17) is 24.0 Å². The number of thiazole rings is 1. The second-order valence-corrected chi connectivity index (χ2v) is 9.46. The number of fused-ring (bicyclic) bond motifs is 1. The van der Waals surface area contributed by atoms with E-state index in [1.54, 1.807) is 37.2 Å². The van der Waals surface area contributed by atoms with E-state index in [9.17, 15) is 9.59 Å². The van der Waals surface area contributed by atoms with Crippen molar-refractivity contribution in [1.82, 2.24) is 4.68 Å². The van der Waals surface area contributed by atoms with E-state index in [1.807, 2.05) is 53.9 Å². The minimum Gasteiger partial charge on any atom is -0.493 e. The highest BCUT2D eigenvalue weighted by atomic mass is 32.1. The number of aromatic nitrogens is 1. The van der Waals surface area contributed by atoms with Gasteiger partial charge in [0.1, 0.15) is 12.4 Å². The maximum absolute atomic E-state index is 11.8. The summed E-state index contributed by atoms with van der Waals surface area (Å²) in [5.74, 6) is 1.17. The Labute approximate surface area is 234 Å². The number of nitrogens with zero attached hydrogens (tertiary/aromatic N) is 3. The van der Waals surface area contributed by atoms with Crippen LogP contribution in [-0.2, 0) is 16.1 Å². The summed E-state index contributed by atoms with van der Waals surface area (Å²) in [7, 11) is 4.64. The molecule has 4 aromatic rings. The minimum atomic E-state index is -0.385. The summed E-state index contributed by atoms with van der Waals surface area (Å²) in [6.07, 6.45) is 1.71. The number of carbonyl (C=O) groups is 2. The number of nitrogens with one attached hydrogen (secondary N) is 1. The Bertz CT molecular complexity index is 1660. The number of hydrogen-bond acceptors (Lipinski definition) is 9. The Morgan fingerprint density at radius 3 is 2.67 bits per heavy atom. The van der Waals surface area contributed by atoms with Gasteiger partial charge in [0.2, 0.25) is 4.80 Å². The molecule has 3 aromatic carbocycles. The third-order valence-corrected chi connectivity index (χ3v) is 6.97. The number of methoxy groups -OCH3 is 2. The third kappa shape index (κ3) is 5.74. The summed E-state index contributed by atoms with van der Waals surface area (Å²) in [5.41, 5.74) is 4.45. The Morgan fingerprint density at radius 1 is 1.10 bits per heavy atom. The fourth-order valence-corrected chi connectivity index (χ4v) is 4.83. The number of amides is 1. The van der Waals surface area contributed by atoms with Crippen molar-refractivity contribution in [2.75, 3.05) is 33.2 Å². The topological polar surface area (TPSA) is 113 Å². The molecule has 2 heterocycles. The van der Waals surface area contributed by atoms with Gasteiger partial charge in [-0.3, -0.25) is 9.79 Å². The summed E-state index contributed by atoms with van der Waals surface area (Å²) in [6.45, 7) is 0.304. The molecule has 5 rings (SSSR count). The molecule has 1 aliphatic heterocycles. The number of rotatable bonds is 8. The summed E-state index contributed by atoms with van der Waals surface area (Å²) < 4.78 is 23.5. The minimum absolute atomic E-state index is 0.00535. The van der Waals surface area contributed by atoms with Crippen LogP contribution in [0.5, 0.6) is 17.2 Å². The van der Waals surface area contributed by atoms with Crippen molar-refractivity contribution >= 4 is 35.1 Å². The van der Waals surface area contributed by atoms with Crippen molar-refractivity contribution in [3.63, 3.8) is 0 Å². The molecule has 0 unspecified atom stereocenters. The lowest BCUT2D eigenvalue weighted by Gasteiger charge is -2.18. The predicted octanol–water partition coefficient (Wildman–Crippen LogP) is 4.33. The molecular weight excluding hydrogens is 532 g/mol. The van der Waals surface area contributed by atoms with Crippen LogP contribution in [0.15, 0.2) is 76.1 Å². The molecule has 0 aliphatic carbocycles. The fourth-order valence-electron chi connectivity index (χ4n) is 4.03. The molecule has 0 fully saturated rings. The van der Waals surface area contributed by atoms with Crippen LogP contribution in [0.2, 0.25) is 0 Å². The number of ether oxygens (including phenoxy) is 4. The number of hydrogen-bond donors (Lipinski definition) is 1. The first-order valence-electron chi connectivity index (χ1n) is 12.2. The lowest BCUT2D eigenvalue weighted by atomic mass is 10.1. The molecule has 0 spiro atoms. The van der Waals surface area contributed by atoms with Gasteiger partial charge < -0.3 is 24.3 Å². The first-order valence-corrected chi connectivity index (χ1v) is 13.1. The summed E-state index contributed by atoms with van der Waals surface area (Å²) in [4.78, 5) is 28.5. The first kappa shape index (κ1) is 26.7. The van der Waals surface area contributed by atoms with Crippen LogP contribution >= 0.6 is 11.3 Å². The van der Waals surface area contributed by atoms with Crippen molar-refractivity contribution in [3.8, 4) is 28.5 Å². The monoisotopic (exact) mass is 558 g/mol. The van der Waals surface area contributed by atoms with Gasteiger partial charge in [-0.2, -0.15) is 5.10 Å². The summed E-state index contributed by atoms with van der Waals surface area (Å²) in [6, 6.07) is 18.2. The normalized spacial score (nSPS) is 13.0. The molecule has 1 aromatic heterocycles. The van der Waals surface area contributed by atoms with Crippen LogP contribution in [0, 0.1) is 0 Å². The van der Waals surface area contributed by atoms with Crippen LogP contribution < -0.4 is 24.3 Å². The average molecular weight is 559 g/mol. The lowest BCUT2D eigenvalue weighted by molar-refractivity contribution is -0.118. The highest BCUT2D eigenvalue weighted by Gasteiger charge is 2.18. The molecule has 0 radical (unpaired) electrons. The molecule has 0 atom stereocenters. The third-order valence-electron chi connectivity index (χ3n) is 6.06. The van der Waals surface area contributed by atoms with E-state index in [1.165, 1.54) is 18.4 Å². The van der Waals surface area contributed by atoms with Crippen molar-refractivity contribution in [1.29, 1.82) is 0 Å². The highest BCUT2D eigenvalue weighted by Crippen LogP contribution is 2.33. The maximum atomic E-state index is 11.8. The van der Waals surface area contributed by atoms with E-state index < -0.39 is 0 Å². The quantitative estimate of drug-likeness (QED) is 0.254. The van der Waals surface area contributed by atoms with E-state index in [2.05, 4.69) is 10.3 Å². The number of carbonyl (C=O) groups excluding carboxylic acids is 2. The molecule has 0 bridgehead atoms. The maximum Gasteiger partial charge on any atom is 0.337 e. The van der Waals surface area contributed by atoms with E-state index >= 15 is 0 Å². The van der Waals surface area contributed by atoms with Gasteiger partial charge in [0.05, 0.1) is 37.4 Å².